The first kappa shape index (κ1) is 25.0. The summed E-state index contributed by atoms with van der Waals surface area (Å²) < 4.78 is 11.8. The maximum absolute atomic E-state index is 10.1. The fourth-order valence-corrected chi connectivity index (χ4v) is 4.56. The Morgan fingerprint density at radius 1 is 1.03 bits per heavy atom. The molecule has 4 rings (SSSR count). The first-order valence-corrected chi connectivity index (χ1v) is 12.1. The largest absolute Gasteiger partial charge is 0.488 e. The van der Waals surface area contributed by atoms with E-state index in [9.17, 15) is 15.3 Å². The summed E-state index contributed by atoms with van der Waals surface area (Å²) in [4.78, 5) is 0. The van der Waals surface area contributed by atoms with Gasteiger partial charge in [0.1, 0.15) is 11.9 Å². The van der Waals surface area contributed by atoms with Crippen LogP contribution in [0.4, 0.5) is 0 Å². The van der Waals surface area contributed by atoms with Crippen LogP contribution in [-0.4, -0.2) is 46.3 Å². The number of rotatable bonds is 6. The predicted octanol–water partition coefficient (Wildman–Crippen LogP) is 4.82. The second kappa shape index (κ2) is 12.0. The molecule has 3 N–H and O–H groups in total. The van der Waals surface area contributed by atoms with Crippen LogP contribution < -0.4 is 4.74 Å². The third-order valence-electron chi connectivity index (χ3n) is 6.05. The van der Waals surface area contributed by atoms with Gasteiger partial charge in [-0.05, 0) is 60.6 Å². The van der Waals surface area contributed by atoms with Crippen molar-refractivity contribution in [3.05, 3.63) is 64.2 Å². The Kier molecular flexibility index (Phi) is 9.38. The van der Waals surface area contributed by atoms with Crippen molar-refractivity contribution in [2.45, 2.75) is 82.9 Å². The Morgan fingerprint density at radius 2 is 1.78 bits per heavy atom. The second-order valence-corrected chi connectivity index (χ2v) is 8.79. The van der Waals surface area contributed by atoms with E-state index < -0.39 is 6.10 Å². The molecule has 176 valence electrons. The Balaban J connectivity index is 0.00000141. The molecular weight excluding hydrogens is 428 g/mol. The molecule has 0 radical (unpaired) electrons. The van der Waals surface area contributed by atoms with Crippen molar-refractivity contribution in [3.8, 4) is 5.75 Å². The molecule has 0 aromatic heterocycles. The van der Waals surface area contributed by atoms with E-state index in [-0.39, 0.29) is 31.0 Å². The summed E-state index contributed by atoms with van der Waals surface area (Å²) in [5.74, 6) is 0.768. The summed E-state index contributed by atoms with van der Waals surface area (Å²) in [6.45, 7) is 3.90. The fourth-order valence-electron chi connectivity index (χ4n) is 4.38. The van der Waals surface area contributed by atoms with Crippen molar-refractivity contribution in [3.63, 3.8) is 0 Å². The highest BCUT2D eigenvalue weighted by Gasteiger charge is 2.29. The lowest BCUT2D eigenvalue weighted by Crippen LogP contribution is -2.33. The van der Waals surface area contributed by atoms with Crippen LogP contribution in [0.15, 0.2) is 42.5 Å². The Hall–Kier alpha value is -1.63. The molecular formula is C26H35ClO5. The molecule has 1 aliphatic heterocycles. The first-order valence-electron chi connectivity index (χ1n) is 11.7. The summed E-state index contributed by atoms with van der Waals surface area (Å²) >= 11 is 6.45. The normalized spacial score (nSPS) is 27.5. The van der Waals surface area contributed by atoms with Crippen LogP contribution in [0.2, 0.25) is 5.02 Å². The Bertz CT molecular complexity index is 841. The molecule has 1 saturated heterocycles. The van der Waals surface area contributed by atoms with Crippen LogP contribution in [0.5, 0.6) is 5.75 Å². The van der Waals surface area contributed by atoms with E-state index in [0.717, 1.165) is 41.7 Å². The molecule has 1 saturated carbocycles. The number of aliphatic hydroxyl groups excluding tert-OH is 3. The van der Waals surface area contributed by atoms with Gasteiger partial charge in [-0.15, -0.1) is 0 Å². The van der Waals surface area contributed by atoms with E-state index in [2.05, 4.69) is 0 Å². The van der Waals surface area contributed by atoms with Crippen molar-refractivity contribution in [1.29, 1.82) is 0 Å². The minimum atomic E-state index is -0.481. The number of halogens is 1. The third-order valence-corrected chi connectivity index (χ3v) is 6.41. The third kappa shape index (κ3) is 6.46. The molecule has 5 nitrogen and oxygen atoms in total. The molecule has 2 fully saturated rings. The van der Waals surface area contributed by atoms with Crippen molar-refractivity contribution < 1.29 is 24.8 Å². The van der Waals surface area contributed by atoms with Crippen molar-refractivity contribution in [1.82, 2.24) is 0 Å². The number of ether oxygens (including phenoxy) is 2. The molecule has 6 heteroatoms. The molecule has 0 spiro atoms. The predicted molar refractivity (Wildman–Crippen MR) is 126 cm³/mol. The van der Waals surface area contributed by atoms with Gasteiger partial charge in [0.25, 0.3) is 0 Å². The average molecular weight is 463 g/mol. The summed E-state index contributed by atoms with van der Waals surface area (Å²) in [5, 5.41) is 30.1. The zero-order valence-corrected chi connectivity index (χ0v) is 19.7. The molecule has 1 aliphatic carbocycles. The summed E-state index contributed by atoms with van der Waals surface area (Å²) in [7, 11) is 0. The van der Waals surface area contributed by atoms with Crippen LogP contribution in [0.1, 0.15) is 68.7 Å². The number of aliphatic hydroxyl groups is 3. The number of benzene rings is 2. The maximum Gasteiger partial charge on any atom is 0.124 e. The van der Waals surface area contributed by atoms with Crippen LogP contribution in [-0.2, 0) is 11.2 Å². The second-order valence-electron chi connectivity index (χ2n) is 8.38. The molecule has 2 aromatic carbocycles. The van der Waals surface area contributed by atoms with Gasteiger partial charge in [-0.2, -0.15) is 0 Å². The highest BCUT2D eigenvalue weighted by molar-refractivity contribution is 6.31. The minimum absolute atomic E-state index is 0.0969. The summed E-state index contributed by atoms with van der Waals surface area (Å²) in [6, 6.07) is 13.7. The zero-order valence-electron chi connectivity index (χ0n) is 18.9. The van der Waals surface area contributed by atoms with Crippen LogP contribution in [0.3, 0.4) is 0 Å². The van der Waals surface area contributed by atoms with Gasteiger partial charge in [0.05, 0.1) is 31.0 Å². The van der Waals surface area contributed by atoms with Gasteiger partial charge in [0, 0.05) is 17.9 Å². The molecule has 2 aromatic rings. The lowest BCUT2D eigenvalue weighted by molar-refractivity contribution is -0.113. The standard InChI is InChI=1S/C24H29ClO5.C2H6/c25-21-9-6-16(24-13-18(27)12-20(14-26)30-24)11-17(21)10-15-4-7-19(8-5-15)29-23-3-1-2-22(23)28;1-2/h4-9,11,18,20,22-24,26-28H,1-3,10,12-14H2;1-2H3/t18-,20-,22-,23+,24+;/m0./s1. The van der Waals surface area contributed by atoms with Crippen LogP contribution in [0, 0.1) is 0 Å². The number of hydrogen-bond donors (Lipinski definition) is 3. The van der Waals surface area contributed by atoms with Crippen molar-refractivity contribution in [2.24, 2.45) is 0 Å². The van der Waals surface area contributed by atoms with E-state index >= 15 is 0 Å². The van der Waals surface area contributed by atoms with Gasteiger partial charge in [0.15, 0.2) is 0 Å². The lowest BCUT2D eigenvalue weighted by Gasteiger charge is -2.32. The monoisotopic (exact) mass is 462 g/mol. The molecule has 2 aliphatic rings. The topological polar surface area (TPSA) is 79.2 Å². The first-order chi connectivity index (χ1) is 15.5. The van der Waals surface area contributed by atoms with Gasteiger partial charge < -0.3 is 24.8 Å². The van der Waals surface area contributed by atoms with E-state index in [1.807, 2.05) is 56.3 Å². The van der Waals surface area contributed by atoms with Gasteiger partial charge in [-0.25, -0.2) is 0 Å². The fraction of sp³-hybridized carbons (Fsp3) is 0.538. The molecule has 1 heterocycles. The maximum atomic E-state index is 10.1. The molecule has 0 amide bonds. The molecule has 32 heavy (non-hydrogen) atoms. The quantitative estimate of drug-likeness (QED) is 0.573. The molecule has 0 bridgehead atoms. The SMILES string of the molecule is CC.OC[C@@H]1C[C@H](O)C[C@H](c2ccc(Cl)c(Cc3ccc(O[C@@H]4CCC[C@@H]4O)cc3)c2)O1. The smallest absolute Gasteiger partial charge is 0.124 e. The van der Waals surface area contributed by atoms with Crippen LogP contribution in [0.25, 0.3) is 0 Å². The van der Waals surface area contributed by atoms with Crippen molar-refractivity contribution >= 4 is 11.6 Å². The summed E-state index contributed by atoms with van der Waals surface area (Å²) in [5.41, 5.74) is 3.05. The van der Waals surface area contributed by atoms with Gasteiger partial charge in [-0.1, -0.05) is 49.7 Å². The minimum Gasteiger partial charge on any atom is -0.488 e. The van der Waals surface area contributed by atoms with E-state index in [1.165, 1.54) is 0 Å². The average Bonchev–Trinajstić information content (AvgIpc) is 3.21. The van der Waals surface area contributed by atoms with E-state index in [0.29, 0.717) is 24.3 Å². The van der Waals surface area contributed by atoms with Gasteiger partial charge >= 0.3 is 0 Å². The zero-order chi connectivity index (χ0) is 23.1. The highest BCUT2D eigenvalue weighted by Crippen LogP contribution is 2.34. The van der Waals surface area contributed by atoms with Gasteiger partial charge in [0.2, 0.25) is 0 Å². The lowest BCUT2D eigenvalue weighted by atomic mass is 9.94. The Labute approximate surface area is 196 Å². The van der Waals surface area contributed by atoms with E-state index in [4.69, 9.17) is 21.1 Å². The highest BCUT2D eigenvalue weighted by atomic mass is 35.5. The summed E-state index contributed by atoms with van der Waals surface area (Å²) in [6.07, 6.45) is 2.75. The molecule has 0 unspecified atom stereocenters. The van der Waals surface area contributed by atoms with E-state index in [1.54, 1.807) is 0 Å². The van der Waals surface area contributed by atoms with Gasteiger partial charge in [-0.3, -0.25) is 0 Å². The van der Waals surface area contributed by atoms with Crippen molar-refractivity contribution in [2.75, 3.05) is 6.61 Å². The number of hydrogen-bond acceptors (Lipinski definition) is 5. The molecule has 5 atom stereocenters. The van der Waals surface area contributed by atoms with Crippen LogP contribution >= 0.6 is 11.6 Å². The Morgan fingerprint density at radius 3 is 2.44 bits per heavy atom.